The van der Waals surface area contributed by atoms with Crippen molar-refractivity contribution in [1.29, 1.82) is 0 Å². The van der Waals surface area contributed by atoms with Gasteiger partial charge >= 0.3 is 6.18 Å². The number of halogens is 3. The van der Waals surface area contributed by atoms with Crippen LogP contribution in [0.4, 0.5) is 19.0 Å². The van der Waals surface area contributed by atoms with Gasteiger partial charge in [-0.05, 0) is 36.3 Å². The van der Waals surface area contributed by atoms with Crippen LogP contribution in [0, 0.1) is 4.77 Å². The summed E-state index contributed by atoms with van der Waals surface area (Å²) in [5, 5.41) is 3.08. The van der Waals surface area contributed by atoms with E-state index in [0.29, 0.717) is 30.0 Å². The molecule has 0 aliphatic carbocycles. The molecule has 1 aromatic carbocycles. The maximum absolute atomic E-state index is 12.8. The molecule has 3 nitrogen and oxygen atoms in total. The molecule has 0 saturated carbocycles. The van der Waals surface area contributed by atoms with Gasteiger partial charge in [0.2, 0.25) is 0 Å². The first kappa shape index (κ1) is 13.1. The normalized spacial score (nSPS) is 13.9. The summed E-state index contributed by atoms with van der Waals surface area (Å²) >= 11 is 5.02. The fourth-order valence-corrected chi connectivity index (χ4v) is 2.48. The summed E-state index contributed by atoms with van der Waals surface area (Å²) in [5.41, 5.74) is 1.27. The summed E-state index contributed by atoms with van der Waals surface area (Å²) in [5.74, 6) is 0.654. The van der Waals surface area contributed by atoms with E-state index >= 15 is 0 Å². The van der Waals surface area contributed by atoms with Crippen molar-refractivity contribution in [3.8, 4) is 11.3 Å². The van der Waals surface area contributed by atoms with E-state index in [0.717, 1.165) is 17.7 Å². The number of hydrogen-bond acceptors (Lipinski definition) is 3. The van der Waals surface area contributed by atoms with Gasteiger partial charge in [0.15, 0.2) is 4.77 Å². The van der Waals surface area contributed by atoms with Gasteiger partial charge in [0.25, 0.3) is 0 Å². The van der Waals surface area contributed by atoms with Gasteiger partial charge in [0.1, 0.15) is 5.82 Å². The molecule has 20 heavy (non-hydrogen) atoms. The van der Waals surface area contributed by atoms with Crippen LogP contribution >= 0.6 is 12.2 Å². The first-order chi connectivity index (χ1) is 9.45. The molecule has 3 rings (SSSR count). The number of aromatic nitrogens is 2. The van der Waals surface area contributed by atoms with Gasteiger partial charge in [-0.1, -0.05) is 12.1 Å². The number of hydrogen-bond donors (Lipinski definition) is 2. The van der Waals surface area contributed by atoms with E-state index in [9.17, 15) is 13.2 Å². The highest BCUT2D eigenvalue weighted by molar-refractivity contribution is 7.71. The number of benzene rings is 1. The molecule has 1 aromatic heterocycles. The lowest BCUT2D eigenvalue weighted by Crippen LogP contribution is -2.05. The van der Waals surface area contributed by atoms with E-state index in [1.807, 2.05) is 0 Å². The Kier molecular flexibility index (Phi) is 3.01. The fraction of sp³-hybridized carbons (Fsp3) is 0.231. The summed E-state index contributed by atoms with van der Waals surface area (Å²) in [6.07, 6.45) is -3.65. The van der Waals surface area contributed by atoms with Gasteiger partial charge in [-0.15, -0.1) is 0 Å². The predicted molar refractivity (Wildman–Crippen MR) is 72.1 cm³/mol. The Morgan fingerprint density at radius 1 is 1.25 bits per heavy atom. The van der Waals surface area contributed by atoms with E-state index in [2.05, 4.69) is 15.3 Å². The molecule has 7 heteroatoms. The molecule has 0 unspecified atom stereocenters. The van der Waals surface area contributed by atoms with Crippen LogP contribution in [0.15, 0.2) is 24.3 Å². The molecule has 0 saturated heterocycles. The lowest BCUT2D eigenvalue weighted by Gasteiger charge is -2.11. The minimum absolute atomic E-state index is 0.255. The minimum atomic E-state index is -4.36. The summed E-state index contributed by atoms with van der Waals surface area (Å²) in [7, 11) is 0. The lowest BCUT2D eigenvalue weighted by molar-refractivity contribution is -0.137. The van der Waals surface area contributed by atoms with Crippen LogP contribution in [0.1, 0.15) is 11.1 Å². The summed E-state index contributed by atoms with van der Waals surface area (Å²) in [6.45, 7) is 0.709. The van der Waals surface area contributed by atoms with Crippen molar-refractivity contribution in [2.75, 3.05) is 11.9 Å². The standard InChI is InChI=1S/C13H10F3N3S/c14-13(15,16)8-3-1-2-7(6-8)10-9-4-5-17-11(9)19-12(20)18-10/h1-3,6H,4-5H2,(H2,17,18,19,20). The highest BCUT2D eigenvalue weighted by Gasteiger charge is 2.31. The van der Waals surface area contributed by atoms with Crippen LogP contribution in [0.2, 0.25) is 0 Å². The van der Waals surface area contributed by atoms with Gasteiger partial charge in [-0.3, -0.25) is 0 Å². The molecule has 2 aromatic rings. The Morgan fingerprint density at radius 3 is 2.80 bits per heavy atom. The molecular weight excluding hydrogens is 287 g/mol. The van der Waals surface area contributed by atoms with E-state index in [-0.39, 0.29) is 4.77 Å². The van der Waals surface area contributed by atoms with Crippen molar-refractivity contribution in [3.05, 3.63) is 40.2 Å². The van der Waals surface area contributed by atoms with Crippen molar-refractivity contribution in [3.63, 3.8) is 0 Å². The number of alkyl halides is 3. The third-order valence-electron chi connectivity index (χ3n) is 3.18. The van der Waals surface area contributed by atoms with Crippen molar-refractivity contribution in [1.82, 2.24) is 9.97 Å². The number of fused-ring (bicyclic) bond motifs is 1. The average Bonchev–Trinajstić information content (AvgIpc) is 2.85. The van der Waals surface area contributed by atoms with Crippen molar-refractivity contribution in [2.24, 2.45) is 0 Å². The second-order valence-corrected chi connectivity index (χ2v) is 4.89. The van der Waals surface area contributed by atoms with E-state index in [1.54, 1.807) is 6.07 Å². The molecule has 0 fully saturated rings. The maximum atomic E-state index is 12.8. The quantitative estimate of drug-likeness (QED) is 0.787. The largest absolute Gasteiger partial charge is 0.416 e. The van der Waals surface area contributed by atoms with E-state index < -0.39 is 11.7 Å². The van der Waals surface area contributed by atoms with Crippen molar-refractivity contribution >= 4 is 18.0 Å². The third kappa shape index (κ3) is 2.29. The van der Waals surface area contributed by atoms with Crippen molar-refractivity contribution < 1.29 is 13.2 Å². The zero-order chi connectivity index (χ0) is 14.3. The zero-order valence-corrected chi connectivity index (χ0v) is 11.0. The van der Waals surface area contributed by atoms with Gasteiger partial charge < -0.3 is 10.3 Å². The average molecular weight is 297 g/mol. The van der Waals surface area contributed by atoms with Gasteiger partial charge in [0, 0.05) is 12.1 Å². The second kappa shape index (κ2) is 4.59. The molecule has 1 aliphatic rings. The molecule has 0 amide bonds. The highest BCUT2D eigenvalue weighted by Crippen LogP contribution is 2.34. The fourth-order valence-electron chi connectivity index (χ4n) is 2.29. The molecule has 0 atom stereocenters. The Balaban J connectivity index is 2.17. The smallest absolute Gasteiger partial charge is 0.369 e. The number of rotatable bonds is 1. The number of nitrogens with one attached hydrogen (secondary N) is 2. The van der Waals surface area contributed by atoms with Gasteiger partial charge in [-0.25, -0.2) is 4.98 Å². The van der Waals surface area contributed by atoms with Crippen LogP contribution in [0.3, 0.4) is 0 Å². The molecule has 2 N–H and O–H groups in total. The molecule has 1 aliphatic heterocycles. The number of H-pyrrole nitrogens is 1. The predicted octanol–water partition coefficient (Wildman–Crippen LogP) is 3.79. The SMILES string of the molecule is FC(F)(F)c1cccc(-c2[nH]c(=S)nc3c2CCN3)c1. The molecule has 2 heterocycles. The number of nitrogens with zero attached hydrogens (tertiary/aromatic N) is 1. The minimum Gasteiger partial charge on any atom is -0.369 e. The van der Waals surface area contributed by atoms with E-state index in [1.165, 1.54) is 6.07 Å². The first-order valence-electron chi connectivity index (χ1n) is 6.00. The summed E-state index contributed by atoms with van der Waals surface area (Å²) in [4.78, 5) is 7.04. The topological polar surface area (TPSA) is 40.7 Å². The number of anilines is 1. The maximum Gasteiger partial charge on any atom is 0.416 e. The monoisotopic (exact) mass is 297 g/mol. The van der Waals surface area contributed by atoms with Crippen LogP contribution in [0.5, 0.6) is 0 Å². The Morgan fingerprint density at radius 2 is 2.05 bits per heavy atom. The molecule has 0 spiro atoms. The number of aromatic amines is 1. The summed E-state index contributed by atoms with van der Waals surface area (Å²) in [6, 6.07) is 5.20. The van der Waals surface area contributed by atoms with Gasteiger partial charge in [-0.2, -0.15) is 13.2 Å². The van der Waals surface area contributed by atoms with Crippen LogP contribution in [-0.4, -0.2) is 16.5 Å². The zero-order valence-electron chi connectivity index (χ0n) is 10.2. The Labute approximate surface area is 117 Å². The van der Waals surface area contributed by atoms with Gasteiger partial charge in [0.05, 0.1) is 11.3 Å². The lowest BCUT2D eigenvalue weighted by atomic mass is 10.0. The van der Waals surface area contributed by atoms with Crippen LogP contribution in [0.25, 0.3) is 11.3 Å². The second-order valence-electron chi connectivity index (χ2n) is 4.50. The Hall–Kier alpha value is -1.89. The van der Waals surface area contributed by atoms with E-state index in [4.69, 9.17) is 12.2 Å². The molecule has 0 bridgehead atoms. The summed E-state index contributed by atoms with van der Waals surface area (Å²) < 4.78 is 38.6. The Bertz CT molecular complexity index is 722. The highest BCUT2D eigenvalue weighted by atomic mass is 32.1. The van der Waals surface area contributed by atoms with Crippen LogP contribution < -0.4 is 5.32 Å². The molecule has 104 valence electrons. The third-order valence-corrected chi connectivity index (χ3v) is 3.37. The molecular formula is C13H10F3N3S. The first-order valence-corrected chi connectivity index (χ1v) is 6.41. The van der Waals surface area contributed by atoms with Crippen molar-refractivity contribution in [2.45, 2.75) is 12.6 Å². The van der Waals surface area contributed by atoms with Crippen LogP contribution in [-0.2, 0) is 12.6 Å². The molecule has 0 radical (unpaired) electrons.